The lowest BCUT2D eigenvalue weighted by atomic mass is 9.99. The molecule has 0 amide bonds. The number of hydrogen-bond acceptors (Lipinski definition) is 3. The van der Waals surface area contributed by atoms with Crippen LogP contribution in [0.2, 0.25) is 0 Å². The number of benzene rings is 7. The summed E-state index contributed by atoms with van der Waals surface area (Å²) in [5.74, 6) is 1.96. The van der Waals surface area contributed by atoms with Crippen molar-refractivity contribution in [3.05, 3.63) is 182 Å². The summed E-state index contributed by atoms with van der Waals surface area (Å²) in [6.45, 7) is 0. The predicted molar refractivity (Wildman–Crippen MR) is 201 cm³/mol. The van der Waals surface area contributed by atoms with Gasteiger partial charge < -0.3 is 4.57 Å². The van der Waals surface area contributed by atoms with Crippen LogP contribution in [0.3, 0.4) is 0 Å². The Labute approximate surface area is 284 Å². The minimum Gasteiger partial charge on any atom is -0.309 e. The van der Waals surface area contributed by atoms with Crippen LogP contribution in [0.5, 0.6) is 0 Å². The van der Waals surface area contributed by atoms with Crippen molar-refractivity contribution in [3.8, 4) is 62.1 Å². The molecule has 0 fully saturated rings. The van der Waals surface area contributed by atoms with Crippen LogP contribution >= 0.6 is 0 Å². The molecule has 0 N–H and O–H groups in total. The lowest BCUT2D eigenvalue weighted by Gasteiger charge is -2.11. The van der Waals surface area contributed by atoms with Gasteiger partial charge in [-0.25, -0.2) is 15.0 Å². The number of hydrogen-bond donors (Lipinski definition) is 0. The average Bonchev–Trinajstić information content (AvgIpc) is 3.53. The van der Waals surface area contributed by atoms with Crippen molar-refractivity contribution in [2.75, 3.05) is 0 Å². The van der Waals surface area contributed by atoms with E-state index in [1.54, 1.807) is 0 Å². The summed E-state index contributed by atoms with van der Waals surface area (Å²) in [6.07, 6.45) is 0. The summed E-state index contributed by atoms with van der Waals surface area (Å²) in [4.78, 5) is 14.7. The van der Waals surface area contributed by atoms with Crippen LogP contribution in [0.4, 0.5) is 0 Å². The molecule has 0 aliphatic rings. The molecule has 4 heteroatoms. The maximum Gasteiger partial charge on any atom is 0.164 e. The first-order chi connectivity index (χ1) is 24.3. The van der Waals surface area contributed by atoms with E-state index in [2.05, 4.69) is 126 Å². The zero-order chi connectivity index (χ0) is 32.6. The van der Waals surface area contributed by atoms with Crippen LogP contribution in [0, 0.1) is 0 Å². The molecule has 4 nitrogen and oxygen atoms in total. The largest absolute Gasteiger partial charge is 0.309 e. The normalized spacial score (nSPS) is 11.3. The number of rotatable bonds is 6. The number of aromatic nitrogens is 4. The molecule has 0 spiro atoms. The van der Waals surface area contributed by atoms with Crippen molar-refractivity contribution in [1.82, 2.24) is 19.5 Å². The minimum atomic E-state index is 0.648. The molecule has 7 aromatic carbocycles. The highest BCUT2D eigenvalue weighted by Crippen LogP contribution is 2.33. The highest BCUT2D eigenvalue weighted by Gasteiger charge is 2.14. The van der Waals surface area contributed by atoms with E-state index in [-0.39, 0.29) is 0 Å². The van der Waals surface area contributed by atoms with E-state index in [0.717, 1.165) is 33.5 Å². The van der Waals surface area contributed by atoms with Crippen molar-refractivity contribution in [2.24, 2.45) is 0 Å². The zero-order valence-corrected chi connectivity index (χ0v) is 26.6. The summed E-state index contributed by atoms with van der Waals surface area (Å²) in [6, 6.07) is 63.4. The molecule has 9 aromatic rings. The topological polar surface area (TPSA) is 43.6 Å². The van der Waals surface area contributed by atoms with Gasteiger partial charge in [-0.15, -0.1) is 0 Å². The highest BCUT2D eigenvalue weighted by atomic mass is 15.0. The molecule has 0 aliphatic heterocycles. The van der Waals surface area contributed by atoms with E-state index in [1.165, 1.54) is 32.9 Å². The van der Waals surface area contributed by atoms with Crippen LogP contribution < -0.4 is 0 Å². The Morgan fingerprint density at radius 1 is 0.286 bits per heavy atom. The Hall–Kier alpha value is -6.65. The number of fused-ring (bicyclic) bond motifs is 3. The van der Waals surface area contributed by atoms with Gasteiger partial charge in [-0.2, -0.15) is 0 Å². The van der Waals surface area contributed by atoms with Crippen LogP contribution in [-0.4, -0.2) is 19.5 Å². The summed E-state index contributed by atoms with van der Waals surface area (Å²) >= 11 is 0. The van der Waals surface area contributed by atoms with Crippen molar-refractivity contribution < 1.29 is 0 Å². The maximum absolute atomic E-state index is 4.92. The smallest absolute Gasteiger partial charge is 0.164 e. The zero-order valence-electron chi connectivity index (χ0n) is 26.6. The summed E-state index contributed by atoms with van der Waals surface area (Å²) < 4.78 is 2.35. The van der Waals surface area contributed by atoms with Gasteiger partial charge in [0.05, 0.1) is 11.0 Å². The van der Waals surface area contributed by atoms with Gasteiger partial charge in [-0.05, 0) is 52.6 Å². The Balaban J connectivity index is 1.03. The van der Waals surface area contributed by atoms with E-state index in [4.69, 9.17) is 15.0 Å². The predicted octanol–water partition coefficient (Wildman–Crippen LogP) is 11.3. The fourth-order valence-corrected chi connectivity index (χ4v) is 6.63. The Kier molecular flexibility index (Phi) is 7.10. The fourth-order valence-electron chi connectivity index (χ4n) is 6.63. The Morgan fingerprint density at radius 2 is 0.673 bits per heavy atom. The fraction of sp³-hybridized carbons (Fsp3) is 0. The van der Waals surface area contributed by atoms with Crippen LogP contribution in [0.15, 0.2) is 182 Å². The standard InChI is InChI=1S/C45H30N4/c1-3-12-34(13-4-1)43-46-44(35-14-5-2-6-15-35)48-45(47-43)37-17-11-16-36(30-37)33-24-22-31(23-25-33)32-26-28-38(29-27-32)49-41-20-9-7-18-39(41)40-19-8-10-21-42(40)49/h1-30H. The summed E-state index contributed by atoms with van der Waals surface area (Å²) in [5, 5.41) is 2.54. The SMILES string of the molecule is c1ccc(-c2nc(-c3ccccc3)nc(-c3cccc(-c4ccc(-c5ccc(-n6c7ccccc7c7ccccc76)cc5)cc4)c3)n2)cc1. The second-order valence-corrected chi connectivity index (χ2v) is 12.1. The average molecular weight is 627 g/mol. The third-order valence-electron chi connectivity index (χ3n) is 9.08. The molecule has 0 bridgehead atoms. The van der Waals surface area contributed by atoms with E-state index in [9.17, 15) is 0 Å². The van der Waals surface area contributed by atoms with Crippen molar-refractivity contribution in [2.45, 2.75) is 0 Å². The molecule has 49 heavy (non-hydrogen) atoms. The van der Waals surface area contributed by atoms with Gasteiger partial charge in [0.1, 0.15) is 0 Å². The van der Waals surface area contributed by atoms with Crippen molar-refractivity contribution >= 4 is 21.8 Å². The molecule has 0 aliphatic carbocycles. The van der Waals surface area contributed by atoms with Crippen molar-refractivity contribution in [3.63, 3.8) is 0 Å². The monoisotopic (exact) mass is 626 g/mol. The Morgan fingerprint density at radius 3 is 1.20 bits per heavy atom. The van der Waals surface area contributed by atoms with Crippen molar-refractivity contribution in [1.29, 1.82) is 0 Å². The molecule has 230 valence electrons. The lowest BCUT2D eigenvalue weighted by molar-refractivity contribution is 1.07. The number of nitrogens with zero attached hydrogens (tertiary/aromatic N) is 4. The summed E-state index contributed by atoms with van der Waals surface area (Å²) in [5.41, 5.74) is 11.0. The van der Waals surface area contributed by atoms with Crippen LogP contribution in [0.25, 0.3) is 83.9 Å². The molecular weight excluding hydrogens is 597 g/mol. The minimum absolute atomic E-state index is 0.648. The van der Waals surface area contributed by atoms with E-state index in [0.29, 0.717) is 17.5 Å². The van der Waals surface area contributed by atoms with Crippen LogP contribution in [0.1, 0.15) is 0 Å². The first kappa shape index (κ1) is 28.6. The van der Waals surface area contributed by atoms with Gasteiger partial charge in [0.25, 0.3) is 0 Å². The molecular formula is C45H30N4. The number of para-hydroxylation sites is 2. The van der Waals surface area contributed by atoms with Gasteiger partial charge in [0.2, 0.25) is 0 Å². The lowest BCUT2D eigenvalue weighted by Crippen LogP contribution is -2.00. The van der Waals surface area contributed by atoms with E-state index < -0.39 is 0 Å². The molecule has 0 atom stereocenters. The third kappa shape index (κ3) is 5.35. The Bertz CT molecular complexity index is 2460. The second-order valence-electron chi connectivity index (χ2n) is 12.1. The molecule has 0 unspecified atom stereocenters. The molecule has 0 radical (unpaired) electrons. The third-order valence-corrected chi connectivity index (χ3v) is 9.08. The maximum atomic E-state index is 4.92. The van der Waals surface area contributed by atoms with Gasteiger partial charge in [-0.1, -0.05) is 152 Å². The summed E-state index contributed by atoms with van der Waals surface area (Å²) in [7, 11) is 0. The molecule has 2 heterocycles. The first-order valence-electron chi connectivity index (χ1n) is 16.5. The van der Waals surface area contributed by atoms with Gasteiger partial charge in [0.15, 0.2) is 17.5 Å². The van der Waals surface area contributed by atoms with Crippen LogP contribution in [-0.2, 0) is 0 Å². The second kappa shape index (κ2) is 12.2. The first-order valence-corrected chi connectivity index (χ1v) is 16.5. The quantitative estimate of drug-likeness (QED) is 0.184. The molecule has 0 saturated carbocycles. The molecule has 2 aromatic heterocycles. The van der Waals surface area contributed by atoms with Gasteiger partial charge in [0, 0.05) is 33.2 Å². The molecule has 0 saturated heterocycles. The molecule has 9 rings (SSSR count). The van der Waals surface area contributed by atoms with Gasteiger partial charge >= 0.3 is 0 Å². The van der Waals surface area contributed by atoms with E-state index >= 15 is 0 Å². The van der Waals surface area contributed by atoms with E-state index in [1.807, 2.05) is 60.7 Å². The highest BCUT2D eigenvalue weighted by molar-refractivity contribution is 6.09. The van der Waals surface area contributed by atoms with Gasteiger partial charge in [-0.3, -0.25) is 0 Å².